The lowest BCUT2D eigenvalue weighted by Gasteiger charge is -2.26. The van der Waals surface area contributed by atoms with E-state index in [1.165, 1.54) is 16.2 Å². The van der Waals surface area contributed by atoms with Gasteiger partial charge in [0, 0.05) is 23.8 Å². The van der Waals surface area contributed by atoms with Crippen molar-refractivity contribution < 1.29 is 4.79 Å². The Morgan fingerprint density at radius 1 is 1.53 bits per heavy atom. The Balaban J connectivity index is 1.78. The summed E-state index contributed by atoms with van der Waals surface area (Å²) in [6.07, 6.45) is 3.02. The molecule has 3 rings (SSSR count). The van der Waals surface area contributed by atoms with Crippen molar-refractivity contribution in [3.05, 3.63) is 10.6 Å². The van der Waals surface area contributed by atoms with Gasteiger partial charge in [-0.25, -0.2) is 4.98 Å². The zero-order valence-corrected chi connectivity index (χ0v) is 9.22. The SMILES string of the molecule is Nc1nc2c(s1)CN(C(=O)C1CC1)CC2. The molecular weight excluding hydrogens is 210 g/mol. The van der Waals surface area contributed by atoms with Crippen LogP contribution >= 0.6 is 11.3 Å². The summed E-state index contributed by atoms with van der Waals surface area (Å²) >= 11 is 1.52. The van der Waals surface area contributed by atoms with Crippen LogP contribution in [0.2, 0.25) is 0 Å². The number of hydrogen-bond acceptors (Lipinski definition) is 4. The molecule has 0 unspecified atom stereocenters. The number of carbonyl (C=O) groups excluding carboxylic acids is 1. The molecule has 1 fully saturated rings. The molecule has 1 aromatic heterocycles. The number of fused-ring (bicyclic) bond motifs is 1. The van der Waals surface area contributed by atoms with Crippen LogP contribution in [0.15, 0.2) is 0 Å². The van der Waals surface area contributed by atoms with Crippen molar-refractivity contribution in [2.45, 2.75) is 25.8 Å². The molecule has 5 heteroatoms. The number of aromatic nitrogens is 1. The number of hydrogen-bond donors (Lipinski definition) is 1. The molecule has 2 heterocycles. The number of amides is 1. The Hall–Kier alpha value is -1.10. The molecule has 1 amide bonds. The summed E-state index contributed by atoms with van der Waals surface area (Å²) in [5.74, 6) is 0.643. The van der Waals surface area contributed by atoms with E-state index < -0.39 is 0 Å². The van der Waals surface area contributed by atoms with Gasteiger partial charge >= 0.3 is 0 Å². The second-order valence-corrected chi connectivity index (χ2v) is 5.32. The highest BCUT2D eigenvalue weighted by atomic mass is 32.1. The van der Waals surface area contributed by atoms with E-state index in [2.05, 4.69) is 4.98 Å². The Morgan fingerprint density at radius 2 is 2.33 bits per heavy atom. The number of anilines is 1. The minimum Gasteiger partial charge on any atom is -0.375 e. The first-order valence-electron chi connectivity index (χ1n) is 5.27. The summed E-state index contributed by atoms with van der Waals surface area (Å²) in [4.78, 5) is 19.2. The van der Waals surface area contributed by atoms with Crippen LogP contribution in [0.25, 0.3) is 0 Å². The van der Waals surface area contributed by atoms with Crippen LogP contribution in [0.1, 0.15) is 23.4 Å². The maximum atomic E-state index is 11.9. The van der Waals surface area contributed by atoms with Crippen LogP contribution in [0, 0.1) is 5.92 Å². The molecule has 0 bridgehead atoms. The third kappa shape index (κ3) is 1.61. The lowest BCUT2D eigenvalue weighted by atomic mass is 10.1. The minimum absolute atomic E-state index is 0.316. The van der Waals surface area contributed by atoms with Crippen LogP contribution < -0.4 is 5.73 Å². The largest absolute Gasteiger partial charge is 0.375 e. The van der Waals surface area contributed by atoms with Gasteiger partial charge in [-0.2, -0.15) is 0 Å². The third-order valence-electron chi connectivity index (χ3n) is 2.99. The van der Waals surface area contributed by atoms with E-state index in [1.54, 1.807) is 0 Å². The van der Waals surface area contributed by atoms with Gasteiger partial charge in [0.1, 0.15) is 0 Å². The smallest absolute Gasteiger partial charge is 0.226 e. The first-order valence-corrected chi connectivity index (χ1v) is 6.08. The highest BCUT2D eigenvalue weighted by Crippen LogP contribution is 2.34. The Labute approximate surface area is 92.1 Å². The van der Waals surface area contributed by atoms with Crippen molar-refractivity contribution in [2.75, 3.05) is 12.3 Å². The molecule has 2 aliphatic rings. The number of nitrogen functional groups attached to an aromatic ring is 1. The molecule has 0 atom stereocenters. The monoisotopic (exact) mass is 223 g/mol. The topological polar surface area (TPSA) is 59.2 Å². The molecule has 2 N–H and O–H groups in total. The first-order chi connectivity index (χ1) is 7.24. The number of nitrogens with two attached hydrogens (primary N) is 1. The van der Waals surface area contributed by atoms with Crippen LogP contribution in [0.5, 0.6) is 0 Å². The summed E-state index contributed by atoms with van der Waals surface area (Å²) in [5.41, 5.74) is 6.75. The standard InChI is InChI=1S/C10H13N3OS/c11-10-12-7-3-4-13(5-8(7)15-10)9(14)6-1-2-6/h6H,1-5H2,(H2,11,12). The second-order valence-electron chi connectivity index (χ2n) is 4.21. The normalized spacial score (nSPS) is 20.1. The lowest BCUT2D eigenvalue weighted by Crippen LogP contribution is -2.36. The second kappa shape index (κ2) is 3.20. The van der Waals surface area contributed by atoms with Crippen LogP contribution in [0.3, 0.4) is 0 Å². The van der Waals surface area contributed by atoms with E-state index in [0.29, 0.717) is 17.0 Å². The summed E-state index contributed by atoms with van der Waals surface area (Å²) in [5, 5.41) is 0.626. The van der Waals surface area contributed by atoms with Crippen LogP contribution in [-0.4, -0.2) is 22.3 Å². The molecule has 1 aromatic rings. The fourth-order valence-electron chi connectivity index (χ4n) is 1.99. The van der Waals surface area contributed by atoms with Gasteiger partial charge < -0.3 is 10.6 Å². The van der Waals surface area contributed by atoms with Gasteiger partial charge in [-0.15, -0.1) is 11.3 Å². The number of rotatable bonds is 1. The van der Waals surface area contributed by atoms with Crippen molar-refractivity contribution in [2.24, 2.45) is 5.92 Å². The molecule has 1 aliphatic carbocycles. The maximum absolute atomic E-state index is 11.9. The van der Waals surface area contributed by atoms with Gasteiger partial charge in [0.2, 0.25) is 5.91 Å². The average Bonchev–Trinajstić information content (AvgIpc) is 2.98. The van der Waals surface area contributed by atoms with Gasteiger partial charge in [0.25, 0.3) is 0 Å². The maximum Gasteiger partial charge on any atom is 0.226 e. The fourth-order valence-corrected chi connectivity index (χ4v) is 2.89. The molecule has 80 valence electrons. The number of thiazole rings is 1. The average molecular weight is 223 g/mol. The summed E-state index contributed by atoms with van der Waals surface area (Å²) in [6, 6.07) is 0. The first kappa shape index (κ1) is 9.15. The summed E-state index contributed by atoms with van der Waals surface area (Å²) < 4.78 is 0. The van der Waals surface area contributed by atoms with Crippen molar-refractivity contribution in [3.63, 3.8) is 0 Å². The van der Waals surface area contributed by atoms with Gasteiger partial charge in [0.15, 0.2) is 5.13 Å². The molecule has 0 spiro atoms. The van der Waals surface area contributed by atoms with Crippen molar-refractivity contribution in [1.29, 1.82) is 0 Å². The molecule has 0 saturated heterocycles. The highest BCUT2D eigenvalue weighted by molar-refractivity contribution is 7.15. The van der Waals surface area contributed by atoms with Crippen molar-refractivity contribution in [3.8, 4) is 0 Å². The zero-order valence-electron chi connectivity index (χ0n) is 8.40. The fraction of sp³-hybridized carbons (Fsp3) is 0.600. The molecule has 0 radical (unpaired) electrons. The Morgan fingerprint density at radius 3 is 3.07 bits per heavy atom. The van der Waals surface area contributed by atoms with E-state index >= 15 is 0 Å². The highest BCUT2D eigenvalue weighted by Gasteiger charge is 2.35. The lowest BCUT2D eigenvalue weighted by molar-refractivity contribution is -0.133. The van der Waals surface area contributed by atoms with Gasteiger partial charge in [-0.05, 0) is 12.8 Å². The number of nitrogens with zero attached hydrogens (tertiary/aromatic N) is 2. The summed E-state index contributed by atoms with van der Waals surface area (Å²) in [7, 11) is 0. The van der Waals surface area contributed by atoms with Crippen molar-refractivity contribution in [1.82, 2.24) is 9.88 Å². The van der Waals surface area contributed by atoms with Crippen LogP contribution in [0.4, 0.5) is 5.13 Å². The minimum atomic E-state index is 0.316. The number of carbonyl (C=O) groups is 1. The predicted octanol–water partition coefficient (Wildman–Crippen LogP) is 1.02. The van der Waals surface area contributed by atoms with Gasteiger partial charge in [0.05, 0.1) is 12.2 Å². The van der Waals surface area contributed by atoms with Crippen LogP contribution in [-0.2, 0) is 17.8 Å². The molecular formula is C10H13N3OS. The Kier molecular flexibility index (Phi) is 1.95. The van der Waals surface area contributed by atoms with E-state index in [9.17, 15) is 4.79 Å². The molecule has 1 aliphatic heterocycles. The van der Waals surface area contributed by atoms with Gasteiger partial charge in [-0.1, -0.05) is 0 Å². The van der Waals surface area contributed by atoms with Gasteiger partial charge in [-0.3, -0.25) is 4.79 Å². The predicted molar refractivity (Wildman–Crippen MR) is 58.4 cm³/mol. The zero-order chi connectivity index (χ0) is 10.4. The van der Waals surface area contributed by atoms with Crippen molar-refractivity contribution >= 4 is 22.4 Å². The molecule has 15 heavy (non-hydrogen) atoms. The van der Waals surface area contributed by atoms with E-state index in [0.717, 1.165) is 38.0 Å². The molecule has 4 nitrogen and oxygen atoms in total. The molecule has 0 aromatic carbocycles. The Bertz CT molecular complexity index is 411. The van der Waals surface area contributed by atoms with E-state index in [4.69, 9.17) is 5.73 Å². The third-order valence-corrected chi connectivity index (χ3v) is 3.90. The molecule has 1 saturated carbocycles. The van der Waals surface area contributed by atoms with E-state index in [1.807, 2.05) is 4.90 Å². The van der Waals surface area contributed by atoms with E-state index in [-0.39, 0.29) is 0 Å². The quantitative estimate of drug-likeness (QED) is 0.773. The summed E-state index contributed by atoms with van der Waals surface area (Å²) in [6.45, 7) is 1.53.